The van der Waals surface area contributed by atoms with Crippen LogP contribution >= 0.6 is 0 Å². The van der Waals surface area contributed by atoms with E-state index in [4.69, 9.17) is 4.74 Å². The van der Waals surface area contributed by atoms with Crippen LogP contribution in [0.5, 0.6) is 5.75 Å². The Labute approximate surface area is 96.1 Å². The van der Waals surface area contributed by atoms with Crippen molar-refractivity contribution in [2.75, 3.05) is 20.2 Å². The summed E-state index contributed by atoms with van der Waals surface area (Å²) >= 11 is 0. The second-order valence-electron chi connectivity index (χ2n) is 3.41. The second kappa shape index (κ2) is 7.01. The quantitative estimate of drug-likeness (QED) is 0.749. The molecule has 0 fully saturated rings. The fourth-order valence-electron chi connectivity index (χ4n) is 1.34. The van der Waals surface area contributed by atoms with Gasteiger partial charge in [-0.2, -0.15) is 0 Å². The molecule has 0 saturated carbocycles. The molecular formula is C13H18FNO. The van der Waals surface area contributed by atoms with Crippen LogP contribution in [0.1, 0.15) is 18.9 Å². The van der Waals surface area contributed by atoms with Crippen LogP contribution in [0.25, 0.3) is 6.08 Å². The zero-order chi connectivity index (χ0) is 11.8. The van der Waals surface area contributed by atoms with Gasteiger partial charge in [0.15, 0.2) is 0 Å². The maximum absolute atomic E-state index is 13.5. The van der Waals surface area contributed by atoms with Gasteiger partial charge in [0.2, 0.25) is 0 Å². The monoisotopic (exact) mass is 223 g/mol. The van der Waals surface area contributed by atoms with Crippen LogP contribution in [-0.2, 0) is 0 Å². The van der Waals surface area contributed by atoms with E-state index in [9.17, 15) is 4.39 Å². The van der Waals surface area contributed by atoms with E-state index in [1.807, 2.05) is 20.0 Å². The summed E-state index contributed by atoms with van der Waals surface area (Å²) in [7, 11) is 1.89. The van der Waals surface area contributed by atoms with Gasteiger partial charge in [-0.05, 0) is 39.1 Å². The van der Waals surface area contributed by atoms with Crippen LogP contribution in [0, 0.1) is 5.82 Å². The summed E-state index contributed by atoms with van der Waals surface area (Å²) in [5.74, 6) is 0.332. The standard InChI is InChI=1S/C13H18FNO/c1-3-16-12-8-7-11(13(14)10-12)6-4-5-9-15-2/h4,6-8,10,15H,3,5,9H2,1-2H3. The van der Waals surface area contributed by atoms with Crippen LogP contribution in [0.4, 0.5) is 4.39 Å². The molecule has 0 unspecified atom stereocenters. The van der Waals surface area contributed by atoms with Crippen molar-refractivity contribution < 1.29 is 9.13 Å². The molecule has 1 aromatic carbocycles. The first-order chi connectivity index (χ1) is 7.77. The fraction of sp³-hybridized carbons (Fsp3) is 0.385. The predicted molar refractivity (Wildman–Crippen MR) is 65.1 cm³/mol. The number of halogens is 1. The van der Waals surface area contributed by atoms with Gasteiger partial charge in [-0.15, -0.1) is 0 Å². The maximum atomic E-state index is 13.5. The van der Waals surface area contributed by atoms with Gasteiger partial charge in [0.25, 0.3) is 0 Å². The normalized spacial score (nSPS) is 10.9. The van der Waals surface area contributed by atoms with Crippen molar-refractivity contribution >= 4 is 6.08 Å². The molecule has 0 spiro atoms. The molecule has 88 valence electrons. The van der Waals surface area contributed by atoms with Crippen LogP contribution in [-0.4, -0.2) is 20.2 Å². The zero-order valence-corrected chi connectivity index (χ0v) is 9.79. The Morgan fingerprint density at radius 2 is 2.25 bits per heavy atom. The van der Waals surface area contributed by atoms with Gasteiger partial charge in [-0.3, -0.25) is 0 Å². The molecule has 2 nitrogen and oxygen atoms in total. The summed E-state index contributed by atoms with van der Waals surface area (Å²) in [6.45, 7) is 3.33. The van der Waals surface area contributed by atoms with Crippen LogP contribution < -0.4 is 10.1 Å². The molecule has 0 aliphatic heterocycles. The van der Waals surface area contributed by atoms with Crippen LogP contribution in [0.15, 0.2) is 24.3 Å². The molecule has 16 heavy (non-hydrogen) atoms. The molecule has 0 aliphatic rings. The van der Waals surface area contributed by atoms with E-state index in [-0.39, 0.29) is 5.82 Å². The van der Waals surface area contributed by atoms with Gasteiger partial charge in [0.1, 0.15) is 11.6 Å². The first-order valence-electron chi connectivity index (χ1n) is 5.51. The van der Waals surface area contributed by atoms with Gasteiger partial charge in [0, 0.05) is 11.6 Å². The minimum Gasteiger partial charge on any atom is -0.494 e. The van der Waals surface area contributed by atoms with E-state index in [2.05, 4.69) is 5.32 Å². The minimum atomic E-state index is -0.244. The van der Waals surface area contributed by atoms with Crippen molar-refractivity contribution in [3.8, 4) is 5.75 Å². The van der Waals surface area contributed by atoms with E-state index in [0.717, 1.165) is 13.0 Å². The Kier molecular flexibility index (Phi) is 5.57. The molecule has 0 atom stereocenters. The molecular weight excluding hydrogens is 205 g/mol. The summed E-state index contributed by atoms with van der Waals surface area (Å²) < 4.78 is 18.7. The number of nitrogens with one attached hydrogen (secondary N) is 1. The third-order valence-corrected chi connectivity index (χ3v) is 2.14. The van der Waals surface area contributed by atoms with Crippen molar-refractivity contribution in [2.24, 2.45) is 0 Å². The molecule has 0 aromatic heterocycles. The lowest BCUT2D eigenvalue weighted by Gasteiger charge is -2.04. The third kappa shape index (κ3) is 4.03. The Hall–Kier alpha value is -1.35. The smallest absolute Gasteiger partial charge is 0.134 e. The number of rotatable bonds is 6. The number of benzene rings is 1. The molecule has 1 N–H and O–H groups in total. The highest BCUT2D eigenvalue weighted by atomic mass is 19.1. The predicted octanol–water partition coefficient (Wildman–Crippen LogP) is 2.85. The molecule has 3 heteroatoms. The van der Waals surface area contributed by atoms with Crippen molar-refractivity contribution in [2.45, 2.75) is 13.3 Å². The maximum Gasteiger partial charge on any atom is 0.134 e. The molecule has 0 bridgehead atoms. The highest BCUT2D eigenvalue weighted by Gasteiger charge is 2.00. The highest BCUT2D eigenvalue weighted by Crippen LogP contribution is 2.17. The average Bonchev–Trinajstić information content (AvgIpc) is 2.27. The molecule has 1 aromatic rings. The van der Waals surface area contributed by atoms with Crippen LogP contribution in [0.2, 0.25) is 0 Å². The van der Waals surface area contributed by atoms with Crippen molar-refractivity contribution in [1.82, 2.24) is 5.32 Å². The highest BCUT2D eigenvalue weighted by molar-refractivity contribution is 5.51. The fourth-order valence-corrected chi connectivity index (χ4v) is 1.34. The first kappa shape index (κ1) is 12.7. The lowest BCUT2D eigenvalue weighted by Crippen LogP contribution is -2.05. The molecule has 0 heterocycles. The molecule has 0 saturated heterocycles. The Morgan fingerprint density at radius 3 is 2.88 bits per heavy atom. The van der Waals surface area contributed by atoms with Gasteiger partial charge >= 0.3 is 0 Å². The molecule has 0 radical (unpaired) electrons. The molecule has 0 amide bonds. The molecule has 0 aliphatic carbocycles. The Balaban J connectivity index is 2.63. The number of ether oxygens (including phenoxy) is 1. The topological polar surface area (TPSA) is 21.3 Å². The van der Waals surface area contributed by atoms with E-state index < -0.39 is 0 Å². The van der Waals surface area contributed by atoms with E-state index in [0.29, 0.717) is 17.9 Å². The summed E-state index contributed by atoms with van der Waals surface area (Å²) in [6.07, 6.45) is 4.64. The van der Waals surface area contributed by atoms with Crippen molar-refractivity contribution in [1.29, 1.82) is 0 Å². The SMILES string of the molecule is CCOc1ccc(C=CCCNC)c(F)c1. The first-order valence-corrected chi connectivity index (χ1v) is 5.51. The lowest BCUT2D eigenvalue weighted by molar-refractivity contribution is 0.338. The lowest BCUT2D eigenvalue weighted by atomic mass is 10.2. The van der Waals surface area contributed by atoms with Gasteiger partial charge < -0.3 is 10.1 Å². The summed E-state index contributed by atoms with van der Waals surface area (Å²) in [5, 5.41) is 3.03. The van der Waals surface area contributed by atoms with Crippen molar-refractivity contribution in [3.05, 3.63) is 35.7 Å². The van der Waals surface area contributed by atoms with Gasteiger partial charge in [-0.1, -0.05) is 12.2 Å². The summed E-state index contributed by atoms with van der Waals surface area (Å²) in [4.78, 5) is 0. The minimum absolute atomic E-state index is 0.244. The van der Waals surface area contributed by atoms with Gasteiger partial charge in [-0.25, -0.2) is 4.39 Å². The Bertz CT molecular complexity index is 350. The van der Waals surface area contributed by atoms with Crippen LogP contribution in [0.3, 0.4) is 0 Å². The van der Waals surface area contributed by atoms with Gasteiger partial charge in [0.05, 0.1) is 6.61 Å². The van der Waals surface area contributed by atoms with E-state index in [1.165, 1.54) is 6.07 Å². The van der Waals surface area contributed by atoms with E-state index in [1.54, 1.807) is 18.2 Å². The largest absolute Gasteiger partial charge is 0.494 e. The zero-order valence-electron chi connectivity index (χ0n) is 9.79. The number of hydrogen-bond donors (Lipinski definition) is 1. The summed E-state index contributed by atoms with van der Waals surface area (Å²) in [6, 6.07) is 4.93. The van der Waals surface area contributed by atoms with Crippen molar-refractivity contribution in [3.63, 3.8) is 0 Å². The third-order valence-electron chi connectivity index (χ3n) is 2.14. The summed E-state index contributed by atoms with van der Waals surface area (Å²) in [5.41, 5.74) is 0.597. The number of hydrogen-bond acceptors (Lipinski definition) is 2. The average molecular weight is 223 g/mol. The van der Waals surface area contributed by atoms with E-state index >= 15 is 0 Å². The second-order valence-corrected chi connectivity index (χ2v) is 3.41. The molecule has 1 rings (SSSR count). The Morgan fingerprint density at radius 1 is 1.44 bits per heavy atom.